The van der Waals surface area contributed by atoms with Crippen molar-refractivity contribution in [2.45, 2.75) is 33.2 Å². The molecule has 2 aromatic rings. The van der Waals surface area contributed by atoms with Crippen LogP contribution < -0.4 is 10.6 Å². The highest BCUT2D eigenvalue weighted by Crippen LogP contribution is 2.20. The van der Waals surface area contributed by atoms with Gasteiger partial charge < -0.3 is 10.6 Å². The average Bonchev–Trinajstić information content (AvgIpc) is 2.49. The van der Waals surface area contributed by atoms with Crippen LogP contribution in [0.25, 0.3) is 0 Å². The Kier molecular flexibility index (Phi) is 5.28. The number of pyridine rings is 1. The van der Waals surface area contributed by atoms with E-state index in [1.54, 1.807) is 12.4 Å². The SMILES string of the molecule is CCC(NC(=S)Nc1ccncc1)c1ccc(C)c(C)c1. The lowest BCUT2D eigenvalue weighted by Crippen LogP contribution is -2.32. The Labute approximate surface area is 131 Å². The number of aryl methyl sites for hydroxylation is 2. The van der Waals surface area contributed by atoms with E-state index in [1.807, 2.05) is 12.1 Å². The quantitative estimate of drug-likeness (QED) is 0.832. The zero-order valence-corrected chi connectivity index (χ0v) is 13.5. The van der Waals surface area contributed by atoms with E-state index in [0.29, 0.717) is 5.11 Å². The van der Waals surface area contributed by atoms with E-state index in [9.17, 15) is 0 Å². The van der Waals surface area contributed by atoms with Gasteiger partial charge in [0, 0.05) is 18.1 Å². The van der Waals surface area contributed by atoms with Crippen LogP contribution in [0.15, 0.2) is 42.7 Å². The first-order chi connectivity index (χ1) is 10.1. The second-order valence-corrected chi connectivity index (χ2v) is 5.55. The lowest BCUT2D eigenvalue weighted by molar-refractivity contribution is 0.628. The first-order valence-corrected chi connectivity index (χ1v) is 7.55. The fraction of sp³-hybridized carbons (Fsp3) is 0.294. The Balaban J connectivity index is 2.04. The second-order valence-electron chi connectivity index (χ2n) is 5.14. The van der Waals surface area contributed by atoms with E-state index in [-0.39, 0.29) is 6.04 Å². The lowest BCUT2D eigenvalue weighted by Gasteiger charge is -2.21. The van der Waals surface area contributed by atoms with Crippen LogP contribution in [0, 0.1) is 13.8 Å². The number of anilines is 1. The highest BCUT2D eigenvalue weighted by molar-refractivity contribution is 7.80. The molecule has 4 heteroatoms. The zero-order valence-electron chi connectivity index (χ0n) is 12.7. The van der Waals surface area contributed by atoms with Gasteiger partial charge in [0.2, 0.25) is 0 Å². The van der Waals surface area contributed by atoms with Gasteiger partial charge in [-0.3, -0.25) is 4.98 Å². The molecule has 21 heavy (non-hydrogen) atoms. The monoisotopic (exact) mass is 299 g/mol. The number of aromatic nitrogens is 1. The molecule has 0 spiro atoms. The van der Waals surface area contributed by atoms with Crippen molar-refractivity contribution in [2.24, 2.45) is 0 Å². The summed E-state index contributed by atoms with van der Waals surface area (Å²) in [4.78, 5) is 3.99. The summed E-state index contributed by atoms with van der Waals surface area (Å²) in [6, 6.07) is 10.6. The normalized spacial score (nSPS) is 11.8. The molecule has 0 aliphatic heterocycles. The van der Waals surface area contributed by atoms with Crippen molar-refractivity contribution in [3.8, 4) is 0 Å². The number of nitrogens with zero attached hydrogens (tertiary/aromatic N) is 1. The van der Waals surface area contributed by atoms with Crippen molar-refractivity contribution in [1.29, 1.82) is 0 Å². The van der Waals surface area contributed by atoms with E-state index in [4.69, 9.17) is 12.2 Å². The molecule has 1 heterocycles. The highest BCUT2D eigenvalue weighted by Gasteiger charge is 2.11. The third kappa shape index (κ3) is 4.26. The standard InChI is InChI=1S/C17H21N3S/c1-4-16(14-6-5-12(2)13(3)11-14)20-17(21)19-15-7-9-18-10-8-15/h5-11,16H,4H2,1-3H3,(H2,18,19,20,21). The number of benzene rings is 1. The maximum Gasteiger partial charge on any atom is 0.171 e. The highest BCUT2D eigenvalue weighted by atomic mass is 32.1. The third-order valence-corrected chi connectivity index (χ3v) is 3.81. The number of hydrogen-bond donors (Lipinski definition) is 2. The molecule has 0 saturated carbocycles. The Hall–Kier alpha value is -1.94. The van der Waals surface area contributed by atoms with E-state index in [1.165, 1.54) is 16.7 Å². The molecule has 0 fully saturated rings. The van der Waals surface area contributed by atoms with Gasteiger partial charge in [0.1, 0.15) is 0 Å². The predicted molar refractivity (Wildman–Crippen MR) is 92.5 cm³/mol. The smallest absolute Gasteiger partial charge is 0.171 e. The van der Waals surface area contributed by atoms with Crippen LogP contribution in [0.2, 0.25) is 0 Å². The minimum Gasteiger partial charge on any atom is -0.356 e. The predicted octanol–water partition coefficient (Wildman–Crippen LogP) is 4.14. The van der Waals surface area contributed by atoms with Crippen molar-refractivity contribution >= 4 is 23.0 Å². The molecule has 1 aromatic carbocycles. The van der Waals surface area contributed by atoms with Crippen molar-refractivity contribution in [3.63, 3.8) is 0 Å². The molecule has 3 nitrogen and oxygen atoms in total. The van der Waals surface area contributed by atoms with Gasteiger partial charge in [0.05, 0.1) is 6.04 Å². The summed E-state index contributed by atoms with van der Waals surface area (Å²) in [5, 5.41) is 7.19. The van der Waals surface area contributed by atoms with Crippen LogP contribution in [0.3, 0.4) is 0 Å². The first kappa shape index (κ1) is 15.4. The second kappa shape index (κ2) is 7.18. The molecule has 0 aliphatic carbocycles. The molecule has 0 amide bonds. The molecule has 1 aromatic heterocycles. The van der Waals surface area contributed by atoms with Gasteiger partial charge in [-0.15, -0.1) is 0 Å². The zero-order chi connectivity index (χ0) is 15.2. The van der Waals surface area contributed by atoms with Crippen molar-refractivity contribution in [1.82, 2.24) is 10.3 Å². The summed E-state index contributed by atoms with van der Waals surface area (Å²) in [5.41, 5.74) is 4.82. The maximum atomic E-state index is 5.39. The molecular weight excluding hydrogens is 278 g/mol. The summed E-state index contributed by atoms with van der Waals surface area (Å²) < 4.78 is 0. The average molecular weight is 299 g/mol. The molecule has 0 aliphatic rings. The van der Waals surface area contributed by atoms with Gasteiger partial charge in [-0.05, 0) is 61.3 Å². The molecule has 2 N–H and O–H groups in total. The molecule has 1 atom stereocenters. The van der Waals surface area contributed by atoms with Crippen LogP contribution in [0.4, 0.5) is 5.69 Å². The third-order valence-electron chi connectivity index (χ3n) is 3.59. The van der Waals surface area contributed by atoms with E-state index in [0.717, 1.165) is 12.1 Å². The fourth-order valence-electron chi connectivity index (χ4n) is 2.16. The topological polar surface area (TPSA) is 37.0 Å². The Morgan fingerprint density at radius 2 is 1.86 bits per heavy atom. The fourth-order valence-corrected chi connectivity index (χ4v) is 2.42. The van der Waals surface area contributed by atoms with Crippen LogP contribution in [0.1, 0.15) is 36.1 Å². The van der Waals surface area contributed by atoms with Gasteiger partial charge in [0.25, 0.3) is 0 Å². The van der Waals surface area contributed by atoms with Gasteiger partial charge in [-0.25, -0.2) is 0 Å². The van der Waals surface area contributed by atoms with Crippen molar-refractivity contribution < 1.29 is 0 Å². The largest absolute Gasteiger partial charge is 0.356 e. The Morgan fingerprint density at radius 3 is 2.48 bits per heavy atom. The van der Waals surface area contributed by atoms with Crippen LogP contribution in [-0.2, 0) is 0 Å². The molecule has 110 valence electrons. The lowest BCUT2D eigenvalue weighted by atomic mass is 9.99. The van der Waals surface area contributed by atoms with Gasteiger partial charge >= 0.3 is 0 Å². The molecule has 0 radical (unpaired) electrons. The molecule has 0 bridgehead atoms. The first-order valence-electron chi connectivity index (χ1n) is 7.15. The summed E-state index contributed by atoms with van der Waals surface area (Å²) in [5.74, 6) is 0. The van der Waals surface area contributed by atoms with Crippen molar-refractivity contribution in [3.05, 3.63) is 59.4 Å². The minimum absolute atomic E-state index is 0.214. The van der Waals surface area contributed by atoms with E-state index >= 15 is 0 Å². The number of thiocarbonyl (C=S) groups is 1. The van der Waals surface area contributed by atoms with Gasteiger partial charge in [0.15, 0.2) is 5.11 Å². The van der Waals surface area contributed by atoms with Crippen LogP contribution >= 0.6 is 12.2 Å². The maximum absolute atomic E-state index is 5.39. The minimum atomic E-state index is 0.214. The molecular formula is C17H21N3S. The van der Waals surface area contributed by atoms with E-state index in [2.05, 4.69) is 54.6 Å². The number of hydrogen-bond acceptors (Lipinski definition) is 2. The molecule has 0 saturated heterocycles. The summed E-state index contributed by atoms with van der Waals surface area (Å²) in [7, 11) is 0. The summed E-state index contributed by atoms with van der Waals surface area (Å²) >= 11 is 5.39. The summed E-state index contributed by atoms with van der Waals surface area (Å²) in [6.45, 7) is 6.42. The van der Waals surface area contributed by atoms with E-state index < -0.39 is 0 Å². The Bertz CT molecular complexity index is 611. The number of rotatable bonds is 4. The summed E-state index contributed by atoms with van der Waals surface area (Å²) in [6.07, 6.45) is 4.46. The van der Waals surface area contributed by atoms with Gasteiger partial charge in [-0.1, -0.05) is 25.1 Å². The molecule has 2 rings (SSSR count). The number of nitrogens with one attached hydrogen (secondary N) is 2. The van der Waals surface area contributed by atoms with Crippen molar-refractivity contribution in [2.75, 3.05) is 5.32 Å². The van der Waals surface area contributed by atoms with Gasteiger partial charge in [-0.2, -0.15) is 0 Å². The van der Waals surface area contributed by atoms with Crippen LogP contribution in [0.5, 0.6) is 0 Å². The molecule has 1 unspecified atom stereocenters. The Morgan fingerprint density at radius 1 is 1.14 bits per heavy atom. The van der Waals surface area contributed by atoms with Crippen LogP contribution in [-0.4, -0.2) is 10.1 Å².